The number of aromatic nitrogens is 5. The molecule has 8 nitrogen and oxygen atoms in total. The average molecular weight is 450 g/mol. The molecule has 3 aromatic heterocycles. The molecule has 2 aliphatic rings. The summed E-state index contributed by atoms with van der Waals surface area (Å²) in [4.78, 5) is 15.6. The molecule has 5 rings (SSSR count). The average Bonchev–Trinajstić information content (AvgIpc) is 3.43. The molecule has 164 valence electrons. The van der Waals surface area contributed by atoms with Gasteiger partial charge in [-0.1, -0.05) is 13.3 Å². The van der Waals surface area contributed by atoms with E-state index in [1.54, 1.807) is 11.3 Å². The van der Waals surface area contributed by atoms with Crippen molar-refractivity contribution < 1.29 is 13.2 Å². The first kappa shape index (κ1) is 20.2. The van der Waals surface area contributed by atoms with Gasteiger partial charge in [-0.3, -0.25) is 0 Å². The summed E-state index contributed by atoms with van der Waals surface area (Å²) in [6.45, 7) is 4.02. The molecule has 12 heteroatoms. The van der Waals surface area contributed by atoms with E-state index in [2.05, 4.69) is 23.2 Å². The number of rotatable bonds is 4. The van der Waals surface area contributed by atoms with Crippen LogP contribution in [0.3, 0.4) is 0 Å². The molecule has 0 atom stereocenters. The molecule has 2 aliphatic heterocycles. The van der Waals surface area contributed by atoms with Crippen LogP contribution in [0.1, 0.15) is 36.3 Å². The first-order chi connectivity index (χ1) is 14.8. The fraction of sp³-hybridized carbons (Fsp3) is 0.526. The van der Waals surface area contributed by atoms with Gasteiger partial charge < -0.3 is 19.8 Å². The van der Waals surface area contributed by atoms with E-state index >= 15 is 0 Å². The van der Waals surface area contributed by atoms with Crippen LogP contribution in [0, 0.1) is 5.41 Å². The van der Waals surface area contributed by atoms with Gasteiger partial charge >= 0.3 is 6.18 Å². The number of halogens is 3. The Morgan fingerprint density at radius 3 is 2.65 bits per heavy atom. The lowest BCUT2D eigenvalue weighted by Gasteiger charge is -2.30. The lowest BCUT2D eigenvalue weighted by Crippen LogP contribution is -2.36. The van der Waals surface area contributed by atoms with Gasteiger partial charge in [-0.05, 0) is 12.5 Å². The summed E-state index contributed by atoms with van der Waals surface area (Å²) in [5.41, 5.74) is 0.647. The van der Waals surface area contributed by atoms with E-state index in [-0.39, 0.29) is 18.9 Å². The first-order valence-corrected chi connectivity index (χ1v) is 11.0. The molecule has 5 heterocycles. The summed E-state index contributed by atoms with van der Waals surface area (Å²) in [6.07, 6.45) is -1.88. The van der Waals surface area contributed by atoms with Gasteiger partial charge in [0.05, 0.1) is 18.5 Å². The fourth-order valence-electron chi connectivity index (χ4n) is 4.07. The molecule has 0 amide bonds. The smallest absolute Gasteiger partial charge is 0.347 e. The molecule has 31 heavy (non-hydrogen) atoms. The molecule has 0 saturated carbocycles. The first-order valence-electron chi connectivity index (χ1n) is 10.2. The minimum Gasteiger partial charge on any atom is -0.347 e. The third-order valence-corrected chi connectivity index (χ3v) is 6.65. The highest BCUT2D eigenvalue weighted by molar-refractivity contribution is 7.18. The quantitative estimate of drug-likeness (QED) is 0.655. The third-order valence-electron chi connectivity index (χ3n) is 5.56. The Hall–Kier alpha value is -2.76. The Morgan fingerprint density at radius 1 is 1.10 bits per heavy atom. The van der Waals surface area contributed by atoms with Crippen molar-refractivity contribution in [3.63, 3.8) is 0 Å². The van der Waals surface area contributed by atoms with Crippen LogP contribution in [-0.2, 0) is 25.7 Å². The minimum absolute atomic E-state index is 0.137. The number of anilines is 2. The van der Waals surface area contributed by atoms with Crippen molar-refractivity contribution in [2.75, 3.05) is 29.4 Å². The molecule has 0 unspecified atom stereocenters. The fourth-order valence-corrected chi connectivity index (χ4v) is 5.19. The van der Waals surface area contributed by atoms with Crippen LogP contribution >= 0.6 is 11.3 Å². The highest BCUT2D eigenvalue weighted by Crippen LogP contribution is 2.36. The summed E-state index contributed by atoms with van der Waals surface area (Å²) in [5, 5.41) is 16.0. The predicted molar refractivity (Wildman–Crippen MR) is 112 cm³/mol. The van der Waals surface area contributed by atoms with E-state index in [1.807, 2.05) is 9.80 Å². The van der Waals surface area contributed by atoms with Gasteiger partial charge in [0.1, 0.15) is 10.6 Å². The summed E-state index contributed by atoms with van der Waals surface area (Å²) < 4.78 is 40.7. The second kappa shape index (κ2) is 7.43. The second-order valence-electron chi connectivity index (χ2n) is 7.81. The summed E-state index contributed by atoms with van der Waals surface area (Å²) >= 11 is 1.63. The minimum atomic E-state index is -4.52. The van der Waals surface area contributed by atoms with Crippen LogP contribution in [0.2, 0.25) is 0 Å². The SMILES string of the molecule is CCCc1cc2c(N3CCn4c(nnc4C(F)(F)F)C3)nc(N3CCC(=N)C3)nc2s1. The predicted octanol–water partition coefficient (Wildman–Crippen LogP) is 3.50. The lowest BCUT2D eigenvalue weighted by molar-refractivity contribution is -0.147. The zero-order chi connectivity index (χ0) is 21.8. The van der Waals surface area contributed by atoms with Gasteiger partial charge in [0, 0.05) is 36.6 Å². The van der Waals surface area contributed by atoms with Crippen molar-refractivity contribution in [2.24, 2.45) is 0 Å². The van der Waals surface area contributed by atoms with Gasteiger partial charge in [0.15, 0.2) is 5.82 Å². The Morgan fingerprint density at radius 2 is 1.94 bits per heavy atom. The van der Waals surface area contributed by atoms with Crippen LogP contribution in [0.5, 0.6) is 0 Å². The van der Waals surface area contributed by atoms with Crippen molar-refractivity contribution in [1.82, 2.24) is 24.7 Å². The molecule has 1 saturated heterocycles. The van der Waals surface area contributed by atoms with E-state index < -0.39 is 12.0 Å². The van der Waals surface area contributed by atoms with Gasteiger partial charge in [-0.25, -0.2) is 4.98 Å². The molecule has 0 spiro atoms. The monoisotopic (exact) mass is 450 g/mol. The van der Waals surface area contributed by atoms with Crippen molar-refractivity contribution in [3.8, 4) is 0 Å². The van der Waals surface area contributed by atoms with Crippen molar-refractivity contribution in [1.29, 1.82) is 5.41 Å². The Bertz CT molecular complexity index is 1150. The van der Waals surface area contributed by atoms with Gasteiger partial charge in [-0.2, -0.15) is 18.2 Å². The molecule has 0 bridgehead atoms. The Balaban J connectivity index is 1.55. The Labute approximate surface area is 180 Å². The largest absolute Gasteiger partial charge is 0.451 e. The molecule has 3 aromatic rings. The molecular formula is C19H21F3N8S. The summed E-state index contributed by atoms with van der Waals surface area (Å²) in [5.74, 6) is 0.600. The van der Waals surface area contributed by atoms with Crippen LogP contribution in [0.15, 0.2) is 6.07 Å². The maximum Gasteiger partial charge on any atom is 0.451 e. The molecular weight excluding hydrogens is 429 g/mol. The van der Waals surface area contributed by atoms with Crippen LogP contribution < -0.4 is 9.80 Å². The van der Waals surface area contributed by atoms with Gasteiger partial charge in [-0.15, -0.1) is 21.5 Å². The van der Waals surface area contributed by atoms with Gasteiger partial charge in [0.25, 0.3) is 0 Å². The zero-order valence-corrected chi connectivity index (χ0v) is 17.7. The zero-order valence-electron chi connectivity index (χ0n) is 16.9. The highest BCUT2D eigenvalue weighted by Gasteiger charge is 2.39. The number of alkyl halides is 3. The van der Waals surface area contributed by atoms with E-state index in [4.69, 9.17) is 15.4 Å². The maximum absolute atomic E-state index is 13.2. The number of thiophene rings is 1. The summed E-state index contributed by atoms with van der Waals surface area (Å²) in [6, 6.07) is 2.09. The molecule has 1 fully saturated rings. The lowest BCUT2D eigenvalue weighted by atomic mass is 10.2. The Kier molecular flexibility index (Phi) is 4.83. The van der Waals surface area contributed by atoms with E-state index in [1.165, 1.54) is 4.88 Å². The molecule has 0 radical (unpaired) electrons. The van der Waals surface area contributed by atoms with E-state index in [0.717, 1.165) is 27.6 Å². The summed E-state index contributed by atoms with van der Waals surface area (Å²) in [7, 11) is 0. The van der Waals surface area contributed by atoms with Crippen LogP contribution in [0.4, 0.5) is 24.9 Å². The molecule has 1 N–H and O–H groups in total. The second-order valence-corrected chi connectivity index (χ2v) is 8.93. The number of hydrogen-bond acceptors (Lipinski definition) is 8. The number of fused-ring (bicyclic) bond motifs is 2. The topological polar surface area (TPSA) is 86.8 Å². The van der Waals surface area contributed by atoms with E-state index in [0.29, 0.717) is 43.5 Å². The standard InChI is InChI=1S/C19H21F3N8S/c1-2-3-12-8-13-15(24-18(25-16(13)31-12)29-5-4-11(23)9-29)28-6-7-30-14(10-28)26-27-17(30)19(20,21)22/h8,23H,2-7,9-10H2,1H3. The van der Waals surface area contributed by atoms with Gasteiger partial charge in [0.2, 0.25) is 11.8 Å². The number of nitrogens with one attached hydrogen (secondary N) is 1. The molecule has 0 aromatic carbocycles. The van der Waals surface area contributed by atoms with Crippen molar-refractivity contribution >= 4 is 39.0 Å². The maximum atomic E-state index is 13.2. The number of nitrogens with zero attached hydrogens (tertiary/aromatic N) is 7. The van der Waals surface area contributed by atoms with Crippen molar-refractivity contribution in [3.05, 3.63) is 22.6 Å². The van der Waals surface area contributed by atoms with Crippen molar-refractivity contribution in [2.45, 2.75) is 45.5 Å². The normalized spacial score (nSPS) is 17.1. The number of aryl methyl sites for hydroxylation is 1. The number of hydrogen-bond donors (Lipinski definition) is 1. The highest BCUT2D eigenvalue weighted by atomic mass is 32.1. The molecule has 0 aliphatic carbocycles. The van der Waals surface area contributed by atoms with Crippen LogP contribution in [0.25, 0.3) is 10.2 Å². The third kappa shape index (κ3) is 3.62. The van der Waals surface area contributed by atoms with Crippen LogP contribution in [-0.4, -0.2) is 50.1 Å². The van der Waals surface area contributed by atoms with E-state index in [9.17, 15) is 13.2 Å².